The maximum Gasteiger partial charge on any atom is 0.223 e. The molecule has 1 saturated heterocycles. The molecule has 1 amide bonds. The molecule has 0 bridgehead atoms. The molecule has 5 nitrogen and oxygen atoms in total. The zero-order valence-corrected chi connectivity index (χ0v) is 18.1. The third kappa shape index (κ3) is 5.49. The van der Waals surface area contributed by atoms with Crippen LogP contribution in [0.5, 0.6) is 0 Å². The summed E-state index contributed by atoms with van der Waals surface area (Å²) in [5, 5.41) is 11.4. The molecule has 4 rings (SSSR count). The molecule has 1 aliphatic heterocycles. The van der Waals surface area contributed by atoms with Crippen LogP contribution < -0.4 is 10.6 Å². The number of amides is 1. The van der Waals surface area contributed by atoms with Gasteiger partial charge in [-0.3, -0.25) is 9.48 Å². The van der Waals surface area contributed by atoms with E-state index in [1.807, 2.05) is 41.1 Å². The molecule has 0 aliphatic carbocycles. The number of hydrogen-bond acceptors (Lipinski definition) is 3. The van der Waals surface area contributed by atoms with Crippen molar-refractivity contribution in [1.29, 1.82) is 0 Å². The van der Waals surface area contributed by atoms with Crippen molar-refractivity contribution >= 4 is 18.3 Å². The third-order valence-electron chi connectivity index (χ3n) is 5.52. The summed E-state index contributed by atoms with van der Waals surface area (Å²) in [7, 11) is 0. The average Bonchev–Trinajstić information content (AvgIpc) is 3.16. The first-order valence-corrected chi connectivity index (χ1v) is 10.4. The molecule has 2 heterocycles. The normalized spacial score (nSPS) is 18.4. The van der Waals surface area contributed by atoms with Crippen molar-refractivity contribution in [3.63, 3.8) is 0 Å². The van der Waals surface area contributed by atoms with Crippen LogP contribution in [-0.4, -0.2) is 28.3 Å². The van der Waals surface area contributed by atoms with Gasteiger partial charge in [-0.2, -0.15) is 5.10 Å². The Kier molecular flexibility index (Phi) is 7.66. The van der Waals surface area contributed by atoms with Gasteiger partial charge in [0.05, 0.1) is 12.2 Å². The molecule has 3 aromatic rings. The van der Waals surface area contributed by atoms with Crippen molar-refractivity contribution in [3.05, 3.63) is 78.0 Å². The van der Waals surface area contributed by atoms with Crippen molar-refractivity contribution in [2.45, 2.75) is 38.9 Å². The maximum absolute atomic E-state index is 12.7. The van der Waals surface area contributed by atoms with Crippen LogP contribution in [0.25, 0.3) is 11.3 Å². The molecule has 2 aromatic carbocycles. The first kappa shape index (κ1) is 22.1. The fourth-order valence-corrected chi connectivity index (χ4v) is 3.98. The van der Waals surface area contributed by atoms with Crippen molar-refractivity contribution in [2.75, 3.05) is 6.54 Å². The zero-order valence-electron chi connectivity index (χ0n) is 17.3. The van der Waals surface area contributed by atoms with Crippen LogP contribution in [0, 0.1) is 5.92 Å². The first-order chi connectivity index (χ1) is 14.2. The highest BCUT2D eigenvalue weighted by molar-refractivity contribution is 5.85. The van der Waals surface area contributed by atoms with E-state index in [-0.39, 0.29) is 24.2 Å². The lowest BCUT2D eigenvalue weighted by Crippen LogP contribution is -2.42. The minimum atomic E-state index is 0. The van der Waals surface area contributed by atoms with Gasteiger partial charge in [-0.05, 0) is 31.9 Å². The van der Waals surface area contributed by atoms with Gasteiger partial charge in [0.15, 0.2) is 0 Å². The summed E-state index contributed by atoms with van der Waals surface area (Å²) in [6.07, 6.45) is 3.85. The van der Waals surface area contributed by atoms with E-state index in [2.05, 4.69) is 48.0 Å². The summed E-state index contributed by atoms with van der Waals surface area (Å²) in [6.45, 7) is 4.25. The number of halogens is 1. The van der Waals surface area contributed by atoms with E-state index in [1.165, 1.54) is 5.56 Å². The summed E-state index contributed by atoms with van der Waals surface area (Å²) >= 11 is 0. The molecule has 0 spiro atoms. The highest BCUT2D eigenvalue weighted by atomic mass is 35.5. The Morgan fingerprint density at radius 2 is 1.83 bits per heavy atom. The van der Waals surface area contributed by atoms with Gasteiger partial charge in [-0.1, -0.05) is 60.7 Å². The largest absolute Gasteiger partial charge is 0.352 e. The van der Waals surface area contributed by atoms with Crippen molar-refractivity contribution < 1.29 is 4.79 Å². The van der Waals surface area contributed by atoms with Crippen LogP contribution in [0.2, 0.25) is 0 Å². The summed E-state index contributed by atoms with van der Waals surface area (Å²) in [5.41, 5.74) is 4.25. The zero-order chi connectivity index (χ0) is 20.1. The SMILES string of the molecule is C[C@H]1C[C@@H](C(=O)NCc2cn(Cc3ccccc3)nc2-c2ccccc2)CCN1.Cl. The quantitative estimate of drug-likeness (QED) is 0.628. The number of carbonyl (C=O) groups is 1. The van der Waals surface area contributed by atoms with Gasteiger partial charge in [0.25, 0.3) is 0 Å². The number of nitrogens with one attached hydrogen (secondary N) is 2. The Morgan fingerprint density at radius 1 is 1.13 bits per heavy atom. The van der Waals surface area contributed by atoms with E-state index in [0.717, 1.165) is 36.2 Å². The van der Waals surface area contributed by atoms with Gasteiger partial charge in [0, 0.05) is 35.8 Å². The van der Waals surface area contributed by atoms with Crippen LogP contribution in [0.4, 0.5) is 0 Å². The minimum Gasteiger partial charge on any atom is -0.352 e. The summed E-state index contributed by atoms with van der Waals surface area (Å²) in [6, 6.07) is 20.9. The van der Waals surface area contributed by atoms with E-state index in [0.29, 0.717) is 19.1 Å². The van der Waals surface area contributed by atoms with E-state index >= 15 is 0 Å². The number of benzene rings is 2. The van der Waals surface area contributed by atoms with Crippen molar-refractivity contribution in [3.8, 4) is 11.3 Å². The van der Waals surface area contributed by atoms with Crippen LogP contribution >= 0.6 is 12.4 Å². The van der Waals surface area contributed by atoms with Gasteiger partial charge >= 0.3 is 0 Å². The van der Waals surface area contributed by atoms with Crippen LogP contribution in [0.1, 0.15) is 30.9 Å². The van der Waals surface area contributed by atoms with Gasteiger partial charge in [0.1, 0.15) is 0 Å². The second kappa shape index (κ2) is 10.4. The Balaban J connectivity index is 0.00000256. The number of nitrogens with zero attached hydrogens (tertiary/aromatic N) is 2. The molecule has 158 valence electrons. The van der Waals surface area contributed by atoms with E-state index in [1.54, 1.807) is 0 Å². The second-order valence-corrected chi connectivity index (χ2v) is 7.85. The Bertz CT molecular complexity index is 942. The van der Waals surface area contributed by atoms with E-state index in [9.17, 15) is 4.79 Å². The maximum atomic E-state index is 12.7. The second-order valence-electron chi connectivity index (χ2n) is 7.85. The highest BCUT2D eigenvalue weighted by Gasteiger charge is 2.24. The highest BCUT2D eigenvalue weighted by Crippen LogP contribution is 2.23. The lowest BCUT2D eigenvalue weighted by atomic mass is 9.92. The minimum absolute atomic E-state index is 0. The molecule has 0 saturated carbocycles. The van der Waals surface area contributed by atoms with Crippen molar-refractivity contribution in [2.24, 2.45) is 5.92 Å². The van der Waals surface area contributed by atoms with Crippen LogP contribution in [-0.2, 0) is 17.9 Å². The Morgan fingerprint density at radius 3 is 2.53 bits per heavy atom. The molecule has 1 aliphatic rings. The van der Waals surface area contributed by atoms with Gasteiger partial charge in [0.2, 0.25) is 5.91 Å². The lowest BCUT2D eigenvalue weighted by Gasteiger charge is -2.27. The molecule has 2 atom stereocenters. The number of carbonyl (C=O) groups excluding carboxylic acids is 1. The molecular weight excluding hydrogens is 396 g/mol. The standard InChI is InChI=1S/C24H28N4O.ClH/c1-18-14-21(12-13-25-18)24(29)26-15-22-17-28(16-19-8-4-2-5-9-19)27-23(22)20-10-6-3-7-11-20;/h2-11,17-18,21,25H,12-16H2,1H3,(H,26,29);1H/t18-,21-;/m0./s1. The summed E-state index contributed by atoms with van der Waals surface area (Å²) < 4.78 is 1.96. The molecule has 6 heteroatoms. The lowest BCUT2D eigenvalue weighted by molar-refractivity contribution is -0.126. The summed E-state index contributed by atoms with van der Waals surface area (Å²) in [5.74, 6) is 0.235. The third-order valence-corrected chi connectivity index (χ3v) is 5.52. The average molecular weight is 425 g/mol. The Labute approximate surface area is 184 Å². The molecule has 0 unspecified atom stereocenters. The molecule has 1 aromatic heterocycles. The van der Waals surface area contributed by atoms with Gasteiger partial charge in [-0.15, -0.1) is 12.4 Å². The number of rotatable bonds is 6. The van der Waals surface area contributed by atoms with Gasteiger partial charge < -0.3 is 10.6 Å². The summed E-state index contributed by atoms with van der Waals surface area (Å²) in [4.78, 5) is 12.7. The molecular formula is C24H29ClN4O. The van der Waals surface area contributed by atoms with Gasteiger partial charge in [-0.25, -0.2) is 0 Å². The smallest absolute Gasteiger partial charge is 0.223 e. The van der Waals surface area contributed by atoms with Crippen LogP contribution in [0.15, 0.2) is 66.9 Å². The van der Waals surface area contributed by atoms with Crippen LogP contribution in [0.3, 0.4) is 0 Å². The predicted molar refractivity (Wildman–Crippen MR) is 122 cm³/mol. The molecule has 0 radical (unpaired) electrons. The van der Waals surface area contributed by atoms with E-state index in [4.69, 9.17) is 5.10 Å². The fraction of sp³-hybridized carbons (Fsp3) is 0.333. The number of aromatic nitrogens is 2. The number of piperidine rings is 1. The first-order valence-electron chi connectivity index (χ1n) is 10.4. The number of hydrogen-bond donors (Lipinski definition) is 2. The molecule has 2 N–H and O–H groups in total. The van der Waals surface area contributed by atoms with Crippen molar-refractivity contribution in [1.82, 2.24) is 20.4 Å². The fourth-order valence-electron chi connectivity index (χ4n) is 3.98. The molecule has 30 heavy (non-hydrogen) atoms. The topological polar surface area (TPSA) is 59.0 Å². The predicted octanol–water partition coefficient (Wildman–Crippen LogP) is 4.02. The monoisotopic (exact) mass is 424 g/mol. The molecule has 1 fully saturated rings. The Hall–Kier alpha value is -2.63. The van der Waals surface area contributed by atoms with E-state index < -0.39 is 0 Å².